The fraction of sp³-hybridized carbons (Fsp3) is 0.214. The van der Waals surface area contributed by atoms with Crippen molar-refractivity contribution < 1.29 is 0 Å². The van der Waals surface area contributed by atoms with Crippen LogP contribution in [0.3, 0.4) is 0 Å². The van der Waals surface area contributed by atoms with Crippen molar-refractivity contribution in [2.24, 2.45) is 0 Å². The van der Waals surface area contributed by atoms with Crippen LogP contribution in [0.25, 0.3) is 10.9 Å². The molecule has 21 heavy (non-hydrogen) atoms. The minimum atomic E-state index is 0.653. The van der Waals surface area contributed by atoms with Crippen LogP contribution < -0.4 is 11.1 Å². The lowest BCUT2D eigenvalue weighted by Gasteiger charge is -2.12. The molecule has 0 aliphatic heterocycles. The van der Waals surface area contributed by atoms with E-state index in [1.165, 1.54) is 6.33 Å². The Hall–Kier alpha value is -2.15. The predicted octanol–water partition coefficient (Wildman–Crippen LogP) is 2.74. The van der Waals surface area contributed by atoms with Crippen LogP contribution in [0.15, 0.2) is 35.2 Å². The van der Waals surface area contributed by atoms with E-state index in [9.17, 15) is 0 Å². The van der Waals surface area contributed by atoms with Gasteiger partial charge in [0.15, 0.2) is 0 Å². The zero-order valence-corrected chi connectivity index (χ0v) is 12.9. The number of aromatic nitrogens is 4. The van der Waals surface area contributed by atoms with Crippen LogP contribution in [0.1, 0.15) is 12.2 Å². The third-order valence-corrected chi connectivity index (χ3v) is 3.71. The maximum Gasteiger partial charge on any atom is 0.137 e. The van der Waals surface area contributed by atoms with Gasteiger partial charge in [0.05, 0.1) is 23.1 Å². The molecule has 0 radical (unpaired) electrons. The van der Waals surface area contributed by atoms with Gasteiger partial charge in [-0.2, -0.15) is 5.10 Å². The number of aryl methyl sites for hydroxylation is 1. The number of anilines is 2. The summed E-state index contributed by atoms with van der Waals surface area (Å²) in [5.41, 5.74) is 8.55. The molecule has 2 heterocycles. The number of nitrogens with zero attached hydrogens (tertiary/aromatic N) is 3. The van der Waals surface area contributed by atoms with Crippen molar-refractivity contribution >= 4 is 38.2 Å². The molecule has 6 nitrogen and oxygen atoms in total. The molecular formula is C14H15BrN6. The molecule has 0 unspecified atom stereocenters. The fourth-order valence-electron chi connectivity index (χ4n) is 2.20. The Morgan fingerprint density at radius 3 is 3.00 bits per heavy atom. The van der Waals surface area contributed by atoms with Gasteiger partial charge in [-0.15, -0.1) is 0 Å². The van der Waals surface area contributed by atoms with E-state index in [0.29, 0.717) is 5.69 Å². The second-order valence-corrected chi connectivity index (χ2v) is 5.63. The van der Waals surface area contributed by atoms with Crippen molar-refractivity contribution in [3.8, 4) is 0 Å². The Kier molecular flexibility index (Phi) is 4.01. The van der Waals surface area contributed by atoms with Gasteiger partial charge in [0.2, 0.25) is 0 Å². The summed E-state index contributed by atoms with van der Waals surface area (Å²) in [5, 5.41) is 11.1. The summed E-state index contributed by atoms with van der Waals surface area (Å²) >= 11 is 3.48. The highest BCUT2D eigenvalue weighted by atomic mass is 79.9. The Morgan fingerprint density at radius 2 is 2.19 bits per heavy atom. The Bertz CT molecular complexity index is 735. The highest BCUT2D eigenvalue weighted by molar-refractivity contribution is 9.10. The SMILES string of the molecule is Nc1cnc2ccc(Br)cc2c1NCCCc1ncn[nH]1. The number of nitrogens with one attached hydrogen (secondary N) is 2. The third-order valence-electron chi connectivity index (χ3n) is 3.22. The molecule has 0 aliphatic carbocycles. The van der Waals surface area contributed by atoms with Crippen molar-refractivity contribution in [3.05, 3.63) is 41.0 Å². The quantitative estimate of drug-likeness (QED) is 0.617. The summed E-state index contributed by atoms with van der Waals surface area (Å²) in [6.07, 6.45) is 5.00. The molecule has 0 aliphatic rings. The van der Waals surface area contributed by atoms with E-state index in [1.54, 1.807) is 6.20 Å². The number of fused-ring (bicyclic) bond motifs is 1. The molecule has 108 valence electrons. The average Bonchev–Trinajstić information content (AvgIpc) is 2.98. The topological polar surface area (TPSA) is 92.5 Å². The first-order chi connectivity index (χ1) is 10.2. The number of hydrogen-bond acceptors (Lipinski definition) is 5. The van der Waals surface area contributed by atoms with Crippen LogP contribution in [0.2, 0.25) is 0 Å². The highest BCUT2D eigenvalue weighted by Crippen LogP contribution is 2.29. The van der Waals surface area contributed by atoms with E-state index in [2.05, 4.69) is 41.4 Å². The van der Waals surface area contributed by atoms with E-state index in [1.807, 2.05) is 18.2 Å². The summed E-state index contributed by atoms with van der Waals surface area (Å²) < 4.78 is 1.01. The number of pyridine rings is 1. The summed E-state index contributed by atoms with van der Waals surface area (Å²) in [6, 6.07) is 5.97. The molecular weight excluding hydrogens is 332 g/mol. The first-order valence-corrected chi connectivity index (χ1v) is 7.45. The molecule has 0 saturated heterocycles. The number of nitrogens with two attached hydrogens (primary N) is 1. The lowest BCUT2D eigenvalue weighted by atomic mass is 10.1. The molecule has 0 saturated carbocycles. The molecule has 4 N–H and O–H groups in total. The van der Waals surface area contributed by atoms with Gasteiger partial charge in [-0.1, -0.05) is 15.9 Å². The Morgan fingerprint density at radius 1 is 1.29 bits per heavy atom. The highest BCUT2D eigenvalue weighted by Gasteiger charge is 2.07. The maximum atomic E-state index is 6.04. The van der Waals surface area contributed by atoms with Crippen LogP contribution in [0, 0.1) is 0 Å². The van der Waals surface area contributed by atoms with E-state index in [0.717, 1.165) is 46.3 Å². The number of hydrogen-bond donors (Lipinski definition) is 3. The summed E-state index contributed by atoms with van der Waals surface area (Å²) in [6.45, 7) is 0.802. The molecule has 0 atom stereocenters. The van der Waals surface area contributed by atoms with Gasteiger partial charge in [-0.25, -0.2) is 4.98 Å². The van der Waals surface area contributed by atoms with Gasteiger partial charge in [0.25, 0.3) is 0 Å². The second kappa shape index (κ2) is 6.09. The van der Waals surface area contributed by atoms with Crippen molar-refractivity contribution in [2.75, 3.05) is 17.6 Å². The Labute approximate surface area is 130 Å². The first-order valence-electron chi connectivity index (χ1n) is 6.66. The minimum Gasteiger partial charge on any atom is -0.396 e. The zero-order valence-electron chi connectivity index (χ0n) is 11.3. The number of aromatic amines is 1. The maximum absolute atomic E-state index is 6.04. The van der Waals surface area contributed by atoms with Gasteiger partial charge >= 0.3 is 0 Å². The zero-order chi connectivity index (χ0) is 14.7. The van der Waals surface area contributed by atoms with Crippen LogP contribution in [0.5, 0.6) is 0 Å². The molecule has 3 rings (SSSR count). The molecule has 0 amide bonds. The van der Waals surface area contributed by atoms with Crippen LogP contribution in [0.4, 0.5) is 11.4 Å². The van der Waals surface area contributed by atoms with E-state index >= 15 is 0 Å². The molecule has 7 heteroatoms. The van der Waals surface area contributed by atoms with E-state index < -0.39 is 0 Å². The molecule has 0 spiro atoms. The van der Waals surface area contributed by atoms with Crippen LogP contribution >= 0.6 is 15.9 Å². The molecule has 2 aromatic heterocycles. The molecule has 3 aromatic rings. The molecule has 0 fully saturated rings. The van der Waals surface area contributed by atoms with Crippen LogP contribution in [-0.4, -0.2) is 26.7 Å². The van der Waals surface area contributed by atoms with Crippen LogP contribution in [-0.2, 0) is 6.42 Å². The van der Waals surface area contributed by atoms with E-state index in [4.69, 9.17) is 5.73 Å². The number of benzene rings is 1. The average molecular weight is 347 g/mol. The largest absolute Gasteiger partial charge is 0.396 e. The molecule has 0 bridgehead atoms. The summed E-state index contributed by atoms with van der Waals surface area (Å²) in [5.74, 6) is 0.895. The second-order valence-electron chi connectivity index (χ2n) is 4.71. The van der Waals surface area contributed by atoms with Crippen molar-refractivity contribution in [2.45, 2.75) is 12.8 Å². The van der Waals surface area contributed by atoms with E-state index in [-0.39, 0.29) is 0 Å². The van der Waals surface area contributed by atoms with Crippen molar-refractivity contribution in [1.29, 1.82) is 0 Å². The standard InChI is InChI=1S/C14H15BrN6/c15-9-3-4-12-10(6-9)14(11(16)7-18-12)17-5-1-2-13-19-8-20-21-13/h3-4,6-8H,1-2,5,16H2,(H,17,18)(H,19,20,21). The summed E-state index contributed by atoms with van der Waals surface area (Å²) in [4.78, 5) is 8.45. The minimum absolute atomic E-state index is 0.653. The van der Waals surface area contributed by atoms with Gasteiger partial charge in [-0.05, 0) is 24.6 Å². The fourth-order valence-corrected chi connectivity index (χ4v) is 2.56. The van der Waals surface area contributed by atoms with Crippen molar-refractivity contribution in [1.82, 2.24) is 20.2 Å². The smallest absolute Gasteiger partial charge is 0.137 e. The number of rotatable bonds is 5. The Balaban J connectivity index is 1.73. The lowest BCUT2D eigenvalue weighted by molar-refractivity contribution is 0.806. The van der Waals surface area contributed by atoms with Gasteiger partial charge in [-0.3, -0.25) is 10.1 Å². The normalized spacial score (nSPS) is 10.9. The first kappa shape index (κ1) is 13.8. The summed E-state index contributed by atoms with van der Waals surface area (Å²) in [7, 11) is 0. The van der Waals surface area contributed by atoms with Gasteiger partial charge < -0.3 is 11.1 Å². The van der Waals surface area contributed by atoms with Crippen molar-refractivity contribution in [3.63, 3.8) is 0 Å². The number of nitrogen functional groups attached to an aromatic ring is 1. The monoisotopic (exact) mass is 346 g/mol. The number of H-pyrrole nitrogens is 1. The lowest BCUT2D eigenvalue weighted by Crippen LogP contribution is -2.07. The number of halogens is 1. The third kappa shape index (κ3) is 3.13. The predicted molar refractivity (Wildman–Crippen MR) is 87.0 cm³/mol. The van der Waals surface area contributed by atoms with Gasteiger partial charge in [0.1, 0.15) is 12.2 Å². The van der Waals surface area contributed by atoms with Gasteiger partial charge in [0, 0.05) is 22.8 Å². The molecule has 1 aromatic carbocycles.